The number of rotatable bonds is 3. The van der Waals surface area contributed by atoms with E-state index in [0.29, 0.717) is 18.1 Å². The maximum atomic E-state index is 12.0. The minimum Gasteiger partial charge on any atom is -0.316 e. The highest BCUT2D eigenvalue weighted by Gasteiger charge is 2.44. The van der Waals surface area contributed by atoms with Crippen molar-refractivity contribution in [1.82, 2.24) is 10.2 Å². The molecule has 2 saturated heterocycles. The molecule has 2 heterocycles. The molecule has 3 nitrogen and oxygen atoms in total. The molecule has 0 aromatic heterocycles. The summed E-state index contributed by atoms with van der Waals surface area (Å²) >= 11 is 0. The van der Waals surface area contributed by atoms with Crippen molar-refractivity contribution in [3.8, 4) is 0 Å². The van der Waals surface area contributed by atoms with Gasteiger partial charge in [-0.05, 0) is 31.3 Å². The van der Waals surface area contributed by atoms with Gasteiger partial charge in [0.1, 0.15) is 5.78 Å². The first kappa shape index (κ1) is 11.1. The van der Waals surface area contributed by atoms with Crippen molar-refractivity contribution < 1.29 is 4.79 Å². The van der Waals surface area contributed by atoms with E-state index >= 15 is 0 Å². The first-order chi connectivity index (χ1) is 7.27. The zero-order chi connectivity index (χ0) is 10.8. The number of likely N-dealkylation sites (tertiary alicyclic amines) is 1. The molecule has 0 amide bonds. The van der Waals surface area contributed by atoms with E-state index in [-0.39, 0.29) is 6.04 Å². The van der Waals surface area contributed by atoms with Crippen LogP contribution in [0.3, 0.4) is 0 Å². The summed E-state index contributed by atoms with van der Waals surface area (Å²) in [6.07, 6.45) is 1.93. The van der Waals surface area contributed by atoms with Crippen molar-refractivity contribution >= 4 is 5.78 Å². The maximum Gasteiger partial charge on any atom is 0.150 e. The van der Waals surface area contributed by atoms with Crippen LogP contribution < -0.4 is 5.32 Å². The van der Waals surface area contributed by atoms with Crippen molar-refractivity contribution in [2.45, 2.75) is 32.7 Å². The molecule has 3 atom stereocenters. The monoisotopic (exact) mass is 210 g/mol. The zero-order valence-electron chi connectivity index (χ0n) is 9.83. The van der Waals surface area contributed by atoms with Crippen LogP contribution in [0.1, 0.15) is 26.7 Å². The highest BCUT2D eigenvalue weighted by atomic mass is 16.1. The second-order valence-corrected chi connectivity index (χ2v) is 4.77. The summed E-state index contributed by atoms with van der Waals surface area (Å²) in [6, 6.07) is 0.206. The third kappa shape index (κ3) is 1.95. The number of carbonyl (C=O) groups is 1. The number of ketones is 1. The number of nitrogens with one attached hydrogen (secondary N) is 1. The predicted octanol–water partition coefficient (Wildman–Crippen LogP) is 0.895. The standard InChI is InChI=1S/C12H22N2O/c1-3-11(15)12-10-7-13-6-5-9(10)8-14(12)4-2/h9-10,12-13H,3-8H2,1-2H3. The fourth-order valence-corrected chi connectivity index (χ4v) is 3.20. The van der Waals surface area contributed by atoms with E-state index < -0.39 is 0 Å². The molecule has 0 radical (unpaired) electrons. The topological polar surface area (TPSA) is 32.3 Å². The van der Waals surface area contributed by atoms with E-state index in [1.807, 2.05) is 6.92 Å². The Labute approximate surface area is 92.2 Å². The number of hydrogen-bond acceptors (Lipinski definition) is 3. The van der Waals surface area contributed by atoms with Crippen LogP contribution in [0.4, 0.5) is 0 Å². The van der Waals surface area contributed by atoms with Crippen LogP contribution in [0, 0.1) is 11.8 Å². The van der Waals surface area contributed by atoms with Gasteiger partial charge in [-0.15, -0.1) is 0 Å². The number of carbonyl (C=O) groups excluding carboxylic acids is 1. The summed E-state index contributed by atoms with van der Waals surface area (Å²) in [6.45, 7) is 8.48. The molecule has 0 aromatic rings. The first-order valence-corrected chi connectivity index (χ1v) is 6.25. The van der Waals surface area contributed by atoms with Gasteiger partial charge in [0.15, 0.2) is 0 Å². The van der Waals surface area contributed by atoms with Gasteiger partial charge in [-0.1, -0.05) is 13.8 Å². The van der Waals surface area contributed by atoms with Crippen LogP contribution in [0.15, 0.2) is 0 Å². The van der Waals surface area contributed by atoms with Crippen LogP contribution in [0.2, 0.25) is 0 Å². The van der Waals surface area contributed by atoms with E-state index in [0.717, 1.165) is 32.1 Å². The van der Waals surface area contributed by atoms with Gasteiger partial charge in [0.05, 0.1) is 6.04 Å². The summed E-state index contributed by atoms with van der Waals surface area (Å²) in [5.74, 6) is 1.77. The van der Waals surface area contributed by atoms with Gasteiger partial charge >= 0.3 is 0 Å². The van der Waals surface area contributed by atoms with Gasteiger partial charge in [0, 0.05) is 19.5 Å². The molecule has 1 N–H and O–H groups in total. The molecular weight excluding hydrogens is 188 g/mol. The first-order valence-electron chi connectivity index (χ1n) is 6.25. The minimum absolute atomic E-state index is 0.206. The summed E-state index contributed by atoms with van der Waals surface area (Å²) in [5, 5.41) is 3.43. The van der Waals surface area contributed by atoms with Crippen molar-refractivity contribution in [3.63, 3.8) is 0 Å². The maximum absolute atomic E-state index is 12.0. The van der Waals surface area contributed by atoms with Crippen molar-refractivity contribution in [2.24, 2.45) is 11.8 Å². The lowest BCUT2D eigenvalue weighted by atomic mass is 9.83. The minimum atomic E-state index is 0.206. The van der Waals surface area contributed by atoms with Crippen LogP contribution in [-0.2, 0) is 4.79 Å². The summed E-state index contributed by atoms with van der Waals surface area (Å²) < 4.78 is 0. The second-order valence-electron chi connectivity index (χ2n) is 4.77. The fourth-order valence-electron chi connectivity index (χ4n) is 3.20. The van der Waals surface area contributed by atoms with Crippen LogP contribution >= 0.6 is 0 Å². The average molecular weight is 210 g/mol. The third-order valence-electron chi connectivity index (χ3n) is 4.03. The smallest absolute Gasteiger partial charge is 0.150 e. The fraction of sp³-hybridized carbons (Fsp3) is 0.917. The Morgan fingerprint density at radius 2 is 2.27 bits per heavy atom. The molecule has 3 unspecified atom stereocenters. The van der Waals surface area contributed by atoms with Gasteiger partial charge in [-0.3, -0.25) is 9.69 Å². The molecule has 0 bridgehead atoms. The zero-order valence-corrected chi connectivity index (χ0v) is 9.83. The van der Waals surface area contributed by atoms with Crippen LogP contribution in [-0.4, -0.2) is 42.9 Å². The predicted molar refractivity (Wildman–Crippen MR) is 60.8 cm³/mol. The van der Waals surface area contributed by atoms with Crippen molar-refractivity contribution in [3.05, 3.63) is 0 Å². The van der Waals surface area contributed by atoms with Crippen LogP contribution in [0.5, 0.6) is 0 Å². The Morgan fingerprint density at radius 1 is 1.47 bits per heavy atom. The number of likely N-dealkylation sites (N-methyl/N-ethyl adjacent to an activating group) is 1. The lowest BCUT2D eigenvalue weighted by molar-refractivity contribution is -0.124. The Kier molecular flexibility index (Phi) is 3.42. The van der Waals surface area contributed by atoms with Crippen molar-refractivity contribution in [1.29, 1.82) is 0 Å². The molecule has 86 valence electrons. The number of hydrogen-bond donors (Lipinski definition) is 1. The lowest BCUT2D eigenvalue weighted by Crippen LogP contribution is -2.44. The van der Waals surface area contributed by atoms with E-state index in [2.05, 4.69) is 17.1 Å². The van der Waals surface area contributed by atoms with E-state index in [1.165, 1.54) is 6.42 Å². The molecule has 2 aliphatic heterocycles. The Hall–Kier alpha value is -0.410. The van der Waals surface area contributed by atoms with E-state index in [4.69, 9.17) is 0 Å². The highest BCUT2D eigenvalue weighted by Crippen LogP contribution is 2.34. The molecule has 2 aliphatic rings. The molecule has 0 aromatic carbocycles. The molecule has 0 aliphatic carbocycles. The molecule has 0 saturated carbocycles. The third-order valence-corrected chi connectivity index (χ3v) is 4.03. The molecule has 0 spiro atoms. The lowest BCUT2D eigenvalue weighted by Gasteiger charge is -2.29. The summed E-state index contributed by atoms with van der Waals surface area (Å²) in [5.41, 5.74) is 0. The highest BCUT2D eigenvalue weighted by molar-refractivity contribution is 5.84. The molecule has 15 heavy (non-hydrogen) atoms. The second kappa shape index (κ2) is 4.62. The summed E-state index contributed by atoms with van der Waals surface area (Å²) in [4.78, 5) is 14.4. The van der Waals surface area contributed by atoms with Gasteiger partial charge in [0.2, 0.25) is 0 Å². The molecular formula is C12H22N2O. The van der Waals surface area contributed by atoms with Gasteiger partial charge < -0.3 is 5.32 Å². The SMILES string of the molecule is CCC(=O)C1C2CNCCC2CN1CC. The Morgan fingerprint density at radius 3 is 2.93 bits per heavy atom. The number of Topliss-reactive ketones (excluding diaryl/α,β-unsaturated/α-hetero) is 1. The number of nitrogens with zero attached hydrogens (tertiary/aromatic N) is 1. The quantitative estimate of drug-likeness (QED) is 0.751. The van der Waals surface area contributed by atoms with E-state index in [9.17, 15) is 4.79 Å². The van der Waals surface area contributed by atoms with E-state index in [1.54, 1.807) is 0 Å². The molecule has 3 heteroatoms. The molecule has 2 fully saturated rings. The Balaban J connectivity index is 2.13. The number of fused-ring (bicyclic) bond motifs is 1. The summed E-state index contributed by atoms with van der Waals surface area (Å²) in [7, 11) is 0. The van der Waals surface area contributed by atoms with Gasteiger partial charge in [0.25, 0.3) is 0 Å². The number of piperidine rings is 1. The van der Waals surface area contributed by atoms with Crippen molar-refractivity contribution in [2.75, 3.05) is 26.2 Å². The average Bonchev–Trinajstić information content (AvgIpc) is 2.66. The van der Waals surface area contributed by atoms with Crippen LogP contribution in [0.25, 0.3) is 0 Å². The normalized spacial score (nSPS) is 36.5. The molecule has 2 rings (SSSR count). The van der Waals surface area contributed by atoms with Gasteiger partial charge in [-0.2, -0.15) is 0 Å². The largest absolute Gasteiger partial charge is 0.316 e. The Bertz CT molecular complexity index is 242. The van der Waals surface area contributed by atoms with Gasteiger partial charge in [-0.25, -0.2) is 0 Å².